The van der Waals surface area contributed by atoms with Crippen LogP contribution < -0.4 is 11.5 Å². The monoisotopic (exact) mass is 394 g/mol. The largest absolute Gasteiger partial charge is 0.398 e. The molecule has 17 heavy (non-hydrogen) atoms. The van der Waals surface area contributed by atoms with Crippen molar-refractivity contribution in [3.63, 3.8) is 0 Å². The van der Waals surface area contributed by atoms with Crippen molar-refractivity contribution < 1.29 is 13.9 Å². The number of aliphatic hydroxyl groups is 1. The molecule has 0 radical (unpaired) electrons. The highest BCUT2D eigenvalue weighted by Crippen LogP contribution is 2.37. The first-order valence-electron chi connectivity index (χ1n) is 4.28. The quantitative estimate of drug-likeness (QED) is 0.688. The number of halogens is 5. The summed E-state index contributed by atoms with van der Waals surface area (Å²) in [5, 5.41) is 8.56. The molecule has 0 unspecified atom stereocenters. The zero-order valence-electron chi connectivity index (χ0n) is 8.46. The van der Waals surface area contributed by atoms with E-state index in [0.717, 1.165) is 0 Å². The summed E-state index contributed by atoms with van der Waals surface area (Å²) in [6.07, 6.45) is 0. The maximum Gasteiger partial charge on any atom is 0.289 e. The Bertz CT molecular complexity index is 407. The molecule has 5 N–H and O–H groups in total. The predicted octanol–water partition coefficient (Wildman–Crippen LogP) is 2.84. The Balaban J connectivity index is 0.00000256. The number of hydrogen-bond donors (Lipinski definition) is 3. The van der Waals surface area contributed by atoms with Crippen molar-refractivity contribution in [2.24, 2.45) is 5.73 Å². The molecular weight excluding hydrogens is 385 g/mol. The van der Waals surface area contributed by atoms with Gasteiger partial charge in [-0.3, -0.25) is 0 Å². The second-order valence-corrected chi connectivity index (χ2v) is 5.06. The Kier molecular flexibility index (Phi) is 6.30. The summed E-state index contributed by atoms with van der Waals surface area (Å²) in [7, 11) is 0. The van der Waals surface area contributed by atoms with Gasteiger partial charge in [0.05, 0.1) is 11.7 Å². The number of benzene rings is 1. The summed E-state index contributed by atoms with van der Waals surface area (Å²) in [4.78, 5) is 0. The van der Waals surface area contributed by atoms with E-state index in [1.807, 2.05) is 0 Å². The first-order chi connectivity index (χ1) is 7.29. The third-order valence-corrected chi connectivity index (χ3v) is 3.24. The molecule has 1 atom stereocenters. The van der Waals surface area contributed by atoms with E-state index in [1.54, 1.807) is 6.07 Å². The fourth-order valence-corrected chi connectivity index (χ4v) is 2.45. The molecule has 0 amide bonds. The number of aliphatic hydroxyl groups excluding tert-OH is 1. The zero-order valence-corrected chi connectivity index (χ0v) is 12.4. The van der Waals surface area contributed by atoms with Crippen LogP contribution in [0.25, 0.3) is 0 Å². The molecule has 0 saturated carbocycles. The lowest BCUT2D eigenvalue weighted by Gasteiger charge is -2.23. The third-order valence-electron chi connectivity index (χ3n) is 2.13. The highest BCUT2D eigenvalue weighted by Gasteiger charge is 2.38. The molecule has 0 fully saturated rings. The van der Waals surface area contributed by atoms with Crippen LogP contribution in [0, 0.1) is 0 Å². The van der Waals surface area contributed by atoms with Gasteiger partial charge in [0, 0.05) is 14.5 Å². The van der Waals surface area contributed by atoms with Crippen molar-refractivity contribution >= 4 is 50.0 Å². The molecule has 0 aliphatic rings. The van der Waals surface area contributed by atoms with Crippen LogP contribution in [0.15, 0.2) is 21.1 Å². The van der Waals surface area contributed by atoms with Gasteiger partial charge in [-0.1, -0.05) is 15.9 Å². The van der Waals surface area contributed by atoms with E-state index in [-0.39, 0.29) is 23.7 Å². The minimum Gasteiger partial charge on any atom is -0.398 e. The first-order valence-corrected chi connectivity index (χ1v) is 5.87. The fourth-order valence-electron chi connectivity index (χ4n) is 1.19. The first kappa shape index (κ1) is 17.1. The highest BCUT2D eigenvalue weighted by molar-refractivity contribution is 9.11. The summed E-state index contributed by atoms with van der Waals surface area (Å²) in [6.45, 7) is -1.32. The van der Waals surface area contributed by atoms with Gasteiger partial charge in [-0.25, -0.2) is 8.78 Å². The van der Waals surface area contributed by atoms with Crippen LogP contribution in [0.3, 0.4) is 0 Å². The van der Waals surface area contributed by atoms with E-state index in [1.165, 1.54) is 6.07 Å². The van der Waals surface area contributed by atoms with Crippen molar-refractivity contribution in [2.75, 3.05) is 12.3 Å². The number of rotatable bonds is 3. The summed E-state index contributed by atoms with van der Waals surface area (Å²) in [6, 6.07) is 1.39. The van der Waals surface area contributed by atoms with Crippen molar-refractivity contribution in [3.05, 3.63) is 26.6 Å². The van der Waals surface area contributed by atoms with Crippen molar-refractivity contribution in [3.8, 4) is 0 Å². The molecule has 98 valence electrons. The Morgan fingerprint density at radius 3 is 2.35 bits per heavy atom. The molecule has 0 aromatic heterocycles. The van der Waals surface area contributed by atoms with Crippen LogP contribution in [0.4, 0.5) is 14.5 Å². The average Bonchev–Trinajstić information content (AvgIpc) is 2.22. The number of anilines is 1. The lowest BCUT2D eigenvalue weighted by atomic mass is 10.0. The molecule has 0 saturated heterocycles. The van der Waals surface area contributed by atoms with Gasteiger partial charge in [-0.2, -0.15) is 0 Å². The SMILES string of the molecule is Cl.Nc1c(Br)cc(Br)cc1[C@H](N)C(F)(F)CO. The van der Waals surface area contributed by atoms with Crippen LogP contribution in [-0.2, 0) is 0 Å². The van der Waals surface area contributed by atoms with E-state index in [0.29, 0.717) is 8.95 Å². The summed E-state index contributed by atoms with van der Waals surface area (Å²) >= 11 is 6.29. The lowest BCUT2D eigenvalue weighted by Crippen LogP contribution is -2.36. The van der Waals surface area contributed by atoms with Gasteiger partial charge >= 0.3 is 0 Å². The van der Waals surface area contributed by atoms with Gasteiger partial charge in [0.15, 0.2) is 0 Å². The molecule has 3 nitrogen and oxygen atoms in total. The van der Waals surface area contributed by atoms with Crippen LogP contribution in [0.5, 0.6) is 0 Å². The van der Waals surface area contributed by atoms with Gasteiger partial charge in [-0.15, -0.1) is 12.4 Å². The lowest BCUT2D eigenvalue weighted by molar-refractivity contribution is -0.0710. The van der Waals surface area contributed by atoms with Crippen molar-refractivity contribution in [2.45, 2.75) is 12.0 Å². The molecule has 0 heterocycles. The standard InChI is InChI=1S/C9H10Br2F2N2O.ClH/c10-4-1-5(7(14)6(11)2-4)8(15)9(12,13)3-16;/h1-2,8,16H,3,14-15H2;1H/t8-;/m0./s1. The van der Waals surface area contributed by atoms with Crippen LogP contribution in [-0.4, -0.2) is 17.6 Å². The Labute approximate surface area is 120 Å². The van der Waals surface area contributed by atoms with E-state index in [2.05, 4.69) is 31.9 Å². The highest BCUT2D eigenvalue weighted by atomic mass is 79.9. The molecule has 0 aliphatic heterocycles. The van der Waals surface area contributed by atoms with Gasteiger partial charge in [0.2, 0.25) is 0 Å². The number of hydrogen-bond acceptors (Lipinski definition) is 3. The predicted molar refractivity (Wildman–Crippen MR) is 72.5 cm³/mol. The third kappa shape index (κ3) is 3.75. The van der Waals surface area contributed by atoms with Crippen LogP contribution in [0.2, 0.25) is 0 Å². The van der Waals surface area contributed by atoms with Crippen LogP contribution in [0.1, 0.15) is 11.6 Å². The number of nitrogens with two attached hydrogens (primary N) is 2. The van der Waals surface area contributed by atoms with Crippen molar-refractivity contribution in [1.82, 2.24) is 0 Å². The zero-order chi connectivity index (χ0) is 12.5. The van der Waals surface area contributed by atoms with Gasteiger partial charge in [-0.05, 0) is 28.1 Å². The molecule has 1 aromatic carbocycles. The van der Waals surface area contributed by atoms with E-state index in [9.17, 15) is 8.78 Å². The minimum absolute atomic E-state index is 0. The van der Waals surface area contributed by atoms with Gasteiger partial charge in [0.25, 0.3) is 5.92 Å². The Morgan fingerprint density at radius 1 is 1.35 bits per heavy atom. The van der Waals surface area contributed by atoms with E-state index >= 15 is 0 Å². The van der Waals surface area contributed by atoms with Gasteiger partial charge in [0.1, 0.15) is 6.61 Å². The Hall–Kier alpha value is 0.0500. The fraction of sp³-hybridized carbons (Fsp3) is 0.333. The molecule has 1 rings (SSSR count). The molecule has 0 aliphatic carbocycles. The average molecular weight is 396 g/mol. The maximum atomic E-state index is 13.2. The normalized spacial score (nSPS) is 13.1. The molecular formula is C9H11Br2ClF2N2O. The minimum atomic E-state index is -3.41. The second kappa shape index (κ2) is 6.29. The topological polar surface area (TPSA) is 72.3 Å². The number of nitrogen functional groups attached to an aromatic ring is 1. The summed E-state index contributed by atoms with van der Waals surface area (Å²) in [5.41, 5.74) is 11.3. The van der Waals surface area contributed by atoms with Crippen LogP contribution >= 0.6 is 44.3 Å². The van der Waals surface area contributed by atoms with Gasteiger partial charge < -0.3 is 16.6 Å². The Morgan fingerprint density at radius 2 is 1.88 bits per heavy atom. The maximum absolute atomic E-state index is 13.2. The smallest absolute Gasteiger partial charge is 0.289 e. The molecule has 0 spiro atoms. The van der Waals surface area contributed by atoms with E-state index in [4.69, 9.17) is 16.6 Å². The molecule has 1 aromatic rings. The second-order valence-electron chi connectivity index (χ2n) is 3.29. The molecule has 8 heteroatoms. The number of alkyl halides is 2. The summed E-state index contributed by atoms with van der Waals surface area (Å²) < 4.78 is 27.5. The molecule has 0 bridgehead atoms. The summed E-state index contributed by atoms with van der Waals surface area (Å²) in [5.74, 6) is -3.41. The van der Waals surface area contributed by atoms with Crippen molar-refractivity contribution in [1.29, 1.82) is 0 Å². The van der Waals surface area contributed by atoms with E-state index < -0.39 is 18.6 Å².